The molecule has 0 unspecified atom stereocenters. The van der Waals surface area contributed by atoms with Gasteiger partial charge in [-0.3, -0.25) is 14.9 Å². The van der Waals surface area contributed by atoms with Crippen molar-refractivity contribution in [3.63, 3.8) is 0 Å². The number of amides is 1. The van der Waals surface area contributed by atoms with E-state index in [2.05, 4.69) is 35.5 Å². The Kier molecular flexibility index (Phi) is 6.65. The van der Waals surface area contributed by atoms with Gasteiger partial charge in [0.05, 0.1) is 14.7 Å². The van der Waals surface area contributed by atoms with E-state index < -0.39 is 20.9 Å². The van der Waals surface area contributed by atoms with Crippen LogP contribution in [0.15, 0.2) is 75.9 Å². The van der Waals surface area contributed by atoms with Gasteiger partial charge in [0.15, 0.2) is 0 Å². The number of carbonyl (C=O) groups excluding carboxylic acids is 1. The number of hydrogen-bond donors (Lipinski definition) is 2. The number of nitrogens with zero attached hydrogens (tertiary/aromatic N) is 7. The van der Waals surface area contributed by atoms with Crippen molar-refractivity contribution in [1.29, 1.82) is 0 Å². The van der Waals surface area contributed by atoms with Crippen LogP contribution in [0.5, 0.6) is 0 Å². The number of aromatic nitrogens is 6. The lowest BCUT2D eigenvalue weighted by atomic mass is 10.2. The first-order chi connectivity index (χ1) is 16.7. The third kappa shape index (κ3) is 5.56. The molecular weight excluding hydrogens is 498 g/mol. The van der Waals surface area contributed by atoms with E-state index in [9.17, 15) is 23.3 Å². The summed E-state index contributed by atoms with van der Waals surface area (Å²) in [7, 11) is -2.34. The maximum absolute atomic E-state index is 12.7. The first-order valence-electron chi connectivity index (χ1n) is 9.63. The van der Waals surface area contributed by atoms with Crippen LogP contribution in [0.1, 0.15) is 10.4 Å². The van der Waals surface area contributed by atoms with Gasteiger partial charge in [-0.1, -0.05) is 0 Å². The highest BCUT2D eigenvalue weighted by molar-refractivity contribution is 7.99. The second-order valence-electron chi connectivity index (χ2n) is 6.78. The lowest BCUT2D eigenvalue weighted by Gasteiger charge is -2.09. The zero-order chi connectivity index (χ0) is 25.0. The van der Waals surface area contributed by atoms with Crippen LogP contribution in [0.3, 0.4) is 0 Å². The molecule has 0 atom stereocenters. The summed E-state index contributed by atoms with van der Waals surface area (Å²) in [4.78, 5) is 31.4. The number of nitrogens with one attached hydrogen (secondary N) is 2. The minimum absolute atomic E-state index is 0.0386. The fourth-order valence-electron chi connectivity index (χ4n) is 2.75. The van der Waals surface area contributed by atoms with E-state index in [0.29, 0.717) is 5.16 Å². The minimum Gasteiger partial charge on any atom is -0.322 e. The number of hydrogen-bond acceptors (Lipinski definition) is 11. The number of nitro benzene ring substituents is 1. The Hall–Kier alpha value is -4.44. The van der Waals surface area contributed by atoms with Crippen LogP contribution in [0.2, 0.25) is 0 Å². The molecule has 178 valence electrons. The number of anilines is 2. The Balaban J connectivity index is 1.49. The summed E-state index contributed by atoms with van der Waals surface area (Å²) >= 11 is 0.986. The highest BCUT2D eigenvalue weighted by Crippen LogP contribution is 2.34. The molecule has 2 aromatic heterocycles. The van der Waals surface area contributed by atoms with E-state index in [1.54, 1.807) is 13.1 Å². The van der Waals surface area contributed by atoms with Gasteiger partial charge in [-0.25, -0.2) is 27.8 Å². The van der Waals surface area contributed by atoms with Crippen molar-refractivity contribution in [3.05, 3.63) is 76.6 Å². The summed E-state index contributed by atoms with van der Waals surface area (Å²) in [6, 6.07) is 10.9. The smallest absolute Gasteiger partial charge is 0.284 e. The summed E-state index contributed by atoms with van der Waals surface area (Å²) in [5.74, 6) is -0.695. The van der Waals surface area contributed by atoms with Crippen molar-refractivity contribution in [2.24, 2.45) is 7.05 Å². The molecule has 4 aromatic rings. The van der Waals surface area contributed by atoms with E-state index >= 15 is 0 Å². The fourth-order valence-corrected chi connectivity index (χ4v) is 4.52. The second kappa shape index (κ2) is 9.82. The molecule has 0 aliphatic heterocycles. The van der Waals surface area contributed by atoms with E-state index in [4.69, 9.17) is 0 Å². The molecule has 2 N–H and O–H groups in total. The average Bonchev–Trinajstić information content (AvgIpc) is 3.24. The highest BCUT2D eigenvalue weighted by atomic mass is 32.2. The van der Waals surface area contributed by atoms with Crippen molar-refractivity contribution in [2.45, 2.75) is 14.9 Å². The van der Waals surface area contributed by atoms with Gasteiger partial charge < -0.3 is 5.32 Å². The lowest BCUT2D eigenvalue weighted by molar-refractivity contribution is -0.387. The molecule has 0 fully saturated rings. The molecule has 0 bridgehead atoms. The van der Waals surface area contributed by atoms with Crippen LogP contribution in [-0.2, 0) is 17.1 Å². The maximum atomic E-state index is 12.7. The van der Waals surface area contributed by atoms with Crippen LogP contribution in [-0.4, -0.2) is 49.4 Å². The molecule has 0 aliphatic carbocycles. The molecule has 4 rings (SSSR count). The summed E-state index contributed by atoms with van der Waals surface area (Å²) in [6.45, 7) is 0. The Labute approximate surface area is 202 Å². The fraction of sp³-hybridized carbons (Fsp3) is 0.0526. The molecule has 0 aliphatic rings. The molecule has 16 heteroatoms. The zero-order valence-corrected chi connectivity index (χ0v) is 19.4. The van der Waals surface area contributed by atoms with Gasteiger partial charge in [0.2, 0.25) is 11.1 Å². The molecule has 0 saturated heterocycles. The van der Waals surface area contributed by atoms with Gasteiger partial charge in [0.25, 0.3) is 21.6 Å². The monoisotopic (exact) mass is 513 g/mol. The summed E-state index contributed by atoms with van der Waals surface area (Å²) in [5, 5.41) is 25.4. The molecule has 1 amide bonds. The minimum atomic E-state index is -3.94. The van der Waals surface area contributed by atoms with Crippen molar-refractivity contribution in [3.8, 4) is 0 Å². The third-order valence-electron chi connectivity index (χ3n) is 4.41. The van der Waals surface area contributed by atoms with E-state index in [1.807, 2.05) is 0 Å². The molecule has 0 saturated carbocycles. The van der Waals surface area contributed by atoms with Crippen molar-refractivity contribution in [2.75, 3.05) is 10.0 Å². The summed E-state index contributed by atoms with van der Waals surface area (Å²) < 4.78 is 28.5. The van der Waals surface area contributed by atoms with Crippen LogP contribution < -0.4 is 10.0 Å². The first-order valence-corrected chi connectivity index (χ1v) is 11.9. The Bertz CT molecular complexity index is 1490. The third-order valence-corrected chi connectivity index (χ3v) is 6.85. The summed E-state index contributed by atoms with van der Waals surface area (Å²) in [5.41, 5.74) is 0.0363. The molecule has 2 heterocycles. The SMILES string of the molecule is Cn1nnnc1Sc1ccc(C(=O)Nc2ccc(S(=O)(=O)Nc3ncccn3)cc2)cc1[N+](=O)[O-]. The number of nitro groups is 1. The number of rotatable bonds is 8. The predicted octanol–water partition coefficient (Wildman–Crippen LogP) is 2.11. The second-order valence-corrected chi connectivity index (χ2v) is 9.47. The standard InChI is InChI=1S/C19H15N9O5S2/c1-27-19(23-25-26-27)34-16-8-3-12(11-15(16)28(30)31)17(29)22-13-4-6-14(7-5-13)35(32,33)24-18-20-9-2-10-21-18/h2-11H,1H3,(H,22,29)(H,20,21,24). The molecule has 35 heavy (non-hydrogen) atoms. The van der Waals surface area contributed by atoms with Gasteiger partial charge in [0, 0.05) is 36.8 Å². The Morgan fingerprint density at radius 2 is 1.83 bits per heavy atom. The van der Waals surface area contributed by atoms with Gasteiger partial charge in [0.1, 0.15) is 0 Å². The van der Waals surface area contributed by atoms with E-state index in [-0.39, 0.29) is 32.7 Å². The van der Waals surface area contributed by atoms with Crippen LogP contribution in [0.25, 0.3) is 0 Å². The number of aryl methyl sites for hydroxylation is 1. The highest BCUT2D eigenvalue weighted by Gasteiger charge is 2.21. The normalized spacial score (nSPS) is 11.1. The zero-order valence-electron chi connectivity index (χ0n) is 17.8. The predicted molar refractivity (Wildman–Crippen MR) is 123 cm³/mol. The molecule has 2 aromatic carbocycles. The van der Waals surface area contributed by atoms with Crippen LogP contribution in [0.4, 0.5) is 17.3 Å². The maximum Gasteiger partial charge on any atom is 0.284 e. The molecular formula is C19H15N9O5S2. The summed E-state index contributed by atoms with van der Waals surface area (Å²) in [6.07, 6.45) is 2.79. The van der Waals surface area contributed by atoms with Gasteiger partial charge in [-0.2, -0.15) is 0 Å². The molecule has 0 spiro atoms. The number of carbonyl (C=O) groups is 1. The van der Waals surface area contributed by atoms with Crippen LogP contribution >= 0.6 is 11.8 Å². The average molecular weight is 514 g/mol. The van der Waals surface area contributed by atoms with Crippen molar-refractivity contribution >= 4 is 45.0 Å². The number of sulfonamides is 1. The quantitative estimate of drug-likeness (QED) is 0.259. The van der Waals surface area contributed by atoms with Gasteiger partial charge in [-0.15, -0.1) is 5.10 Å². The van der Waals surface area contributed by atoms with Gasteiger partial charge >= 0.3 is 0 Å². The molecule has 0 radical (unpaired) electrons. The Morgan fingerprint density at radius 1 is 1.11 bits per heavy atom. The first kappa shape index (κ1) is 23.7. The molecule has 14 nitrogen and oxygen atoms in total. The topological polar surface area (TPSA) is 188 Å². The Morgan fingerprint density at radius 3 is 2.46 bits per heavy atom. The van der Waals surface area contributed by atoms with E-state index in [0.717, 1.165) is 17.8 Å². The lowest BCUT2D eigenvalue weighted by Crippen LogP contribution is -2.15. The number of benzene rings is 2. The van der Waals surface area contributed by atoms with Gasteiger partial charge in [-0.05, 0) is 64.7 Å². The van der Waals surface area contributed by atoms with Crippen molar-refractivity contribution < 1.29 is 18.1 Å². The van der Waals surface area contributed by atoms with E-state index in [1.165, 1.54) is 53.5 Å². The van der Waals surface area contributed by atoms with Crippen LogP contribution in [0, 0.1) is 10.1 Å². The number of tetrazole rings is 1. The largest absolute Gasteiger partial charge is 0.322 e. The van der Waals surface area contributed by atoms with Crippen molar-refractivity contribution in [1.82, 2.24) is 30.2 Å².